The highest BCUT2D eigenvalue weighted by molar-refractivity contribution is 5.77. The van der Waals surface area contributed by atoms with Gasteiger partial charge in [-0.1, -0.05) is 13.8 Å². The fourth-order valence-electron chi connectivity index (χ4n) is 1.70. The van der Waals surface area contributed by atoms with E-state index in [0.717, 1.165) is 6.54 Å². The molecule has 0 bridgehead atoms. The lowest BCUT2D eigenvalue weighted by Crippen LogP contribution is -2.52. The summed E-state index contributed by atoms with van der Waals surface area (Å²) in [4.78, 5) is 13.0. The van der Waals surface area contributed by atoms with Gasteiger partial charge in [0.2, 0.25) is 0 Å². The van der Waals surface area contributed by atoms with Crippen molar-refractivity contribution in [2.24, 2.45) is 5.92 Å². The second-order valence-corrected chi connectivity index (χ2v) is 3.77. The average Bonchev–Trinajstić information content (AvgIpc) is 1.78. The minimum absolute atomic E-state index is 0.287. The van der Waals surface area contributed by atoms with E-state index in [1.807, 2.05) is 0 Å². The second kappa shape index (κ2) is 3.35. The quantitative estimate of drug-likeness (QED) is 0.612. The predicted octanol–water partition coefficient (Wildman–Crippen LogP) is 1.31. The summed E-state index contributed by atoms with van der Waals surface area (Å²) < 4.78 is 0. The molecule has 0 aromatic heterocycles. The average molecular weight is 155 g/mol. The van der Waals surface area contributed by atoms with E-state index in [1.54, 1.807) is 6.92 Å². The summed E-state index contributed by atoms with van der Waals surface area (Å²) in [5.41, 5.74) is 0. The molecule has 11 heavy (non-hydrogen) atoms. The van der Waals surface area contributed by atoms with E-state index in [9.17, 15) is 4.79 Å². The van der Waals surface area contributed by atoms with Gasteiger partial charge < -0.3 is 0 Å². The van der Waals surface area contributed by atoms with Gasteiger partial charge in [-0.15, -0.1) is 0 Å². The van der Waals surface area contributed by atoms with Gasteiger partial charge >= 0.3 is 0 Å². The third-order valence-corrected chi connectivity index (χ3v) is 2.38. The van der Waals surface area contributed by atoms with Gasteiger partial charge in [0.1, 0.15) is 5.78 Å². The largest absolute Gasteiger partial charge is 0.299 e. The first-order valence-electron chi connectivity index (χ1n) is 4.34. The Kier molecular flexibility index (Phi) is 2.66. The Labute approximate surface area is 68.6 Å². The molecule has 1 aliphatic rings. The second-order valence-electron chi connectivity index (χ2n) is 3.77. The molecule has 2 heteroatoms. The minimum Gasteiger partial charge on any atom is -0.299 e. The number of ketones is 1. The van der Waals surface area contributed by atoms with Crippen molar-refractivity contribution in [3.8, 4) is 0 Å². The molecule has 2 nitrogen and oxygen atoms in total. The van der Waals surface area contributed by atoms with E-state index in [4.69, 9.17) is 0 Å². The van der Waals surface area contributed by atoms with Crippen LogP contribution in [0.3, 0.4) is 0 Å². The zero-order valence-electron chi connectivity index (χ0n) is 7.63. The molecule has 0 aliphatic carbocycles. The molecule has 1 saturated heterocycles. The molecule has 1 fully saturated rings. The maximum absolute atomic E-state index is 10.8. The van der Waals surface area contributed by atoms with Crippen LogP contribution in [0.25, 0.3) is 0 Å². The maximum Gasteiger partial charge on any atom is 0.143 e. The summed E-state index contributed by atoms with van der Waals surface area (Å²) in [6.07, 6.45) is 1.27. The van der Waals surface area contributed by atoms with Crippen molar-refractivity contribution < 1.29 is 4.79 Å². The van der Waals surface area contributed by atoms with Crippen LogP contribution >= 0.6 is 0 Å². The van der Waals surface area contributed by atoms with Crippen LogP contribution in [0.2, 0.25) is 0 Å². The highest BCUT2D eigenvalue weighted by atomic mass is 16.1. The fraction of sp³-hybridized carbons (Fsp3) is 0.889. The van der Waals surface area contributed by atoms with Gasteiger partial charge in [0.15, 0.2) is 0 Å². The molecule has 0 amide bonds. The summed E-state index contributed by atoms with van der Waals surface area (Å²) >= 11 is 0. The third kappa shape index (κ3) is 2.03. The van der Waals surface area contributed by atoms with E-state index in [1.165, 1.54) is 6.42 Å². The summed E-state index contributed by atoms with van der Waals surface area (Å²) in [6, 6.07) is 0.666. The standard InChI is InChI=1S/C9H17NO/c1-7(2)9-4-5-10(9)6-8(3)11/h7,9H,4-6H2,1-3H3. The third-order valence-electron chi connectivity index (χ3n) is 2.38. The number of hydrogen-bond donors (Lipinski definition) is 0. The van der Waals surface area contributed by atoms with Gasteiger partial charge in [-0.3, -0.25) is 9.69 Å². The smallest absolute Gasteiger partial charge is 0.143 e. The Balaban J connectivity index is 2.31. The van der Waals surface area contributed by atoms with Crippen LogP contribution in [0.15, 0.2) is 0 Å². The number of Topliss-reactive ketones (excluding diaryl/α,β-unsaturated/α-hetero) is 1. The van der Waals surface area contributed by atoms with Gasteiger partial charge in [-0.2, -0.15) is 0 Å². The molecule has 1 heterocycles. The lowest BCUT2D eigenvalue weighted by atomic mass is 9.92. The van der Waals surface area contributed by atoms with Crippen molar-refractivity contribution in [3.63, 3.8) is 0 Å². The van der Waals surface area contributed by atoms with Gasteiger partial charge in [0, 0.05) is 12.6 Å². The highest BCUT2D eigenvalue weighted by Crippen LogP contribution is 2.23. The van der Waals surface area contributed by atoms with Crippen LogP contribution in [-0.4, -0.2) is 29.8 Å². The van der Waals surface area contributed by atoms with Crippen molar-refractivity contribution in [2.45, 2.75) is 33.2 Å². The number of rotatable bonds is 3. The molecule has 0 aromatic carbocycles. The first kappa shape index (κ1) is 8.72. The molecule has 0 aromatic rings. The molecule has 1 rings (SSSR count). The van der Waals surface area contributed by atoms with Crippen LogP contribution in [0.5, 0.6) is 0 Å². The molecule has 0 radical (unpaired) electrons. The topological polar surface area (TPSA) is 20.3 Å². The van der Waals surface area contributed by atoms with Crippen LogP contribution in [0.1, 0.15) is 27.2 Å². The normalized spacial score (nSPS) is 25.3. The van der Waals surface area contributed by atoms with E-state index in [2.05, 4.69) is 18.7 Å². The van der Waals surface area contributed by atoms with E-state index < -0.39 is 0 Å². The molecule has 1 unspecified atom stereocenters. The molecular weight excluding hydrogens is 138 g/mol. The minimum atomic E-state index is 0.287. The van der Waals surface area contributed by atoms with Gasteiger partial charge in [-0.05, 0) is 19.3 Å². The Bertz CT molecular complexity index is 154. The predicted molar refractivity (Wildman–Crippen MR) is 45.5 cm³/mol. The first-order valence-corrected chi connectivity index (χ1v) is 4.34. The summed E-state index contributed by atoms with van der Waals surface area (Å²) in [6.45, 7) is 7.87. The van der Waals surface area contributed by atoms with E-state index in [-0.39, 0.29) is 5.78 Å². The lowest BCUT2D eigenvalue weighted by Gasteiger charge is -2.43. The zero-order valence-corrected chi connectivity index (χ0v) is 7.63. The molecule has 1 aliphatic heterocycles. The number of likely N-dealkylation sites (tertiary alicyclic amines) is 1. The highest BCUT2D eigenvalue weighted by Gasteiger charge is 2.30. The molecule has 1 atom stereocenters. The van der Waals surface area contributed by atoms with Crippen molar-refractivity contribution >= 4 is 5.78 Å². The summed E-state index contributed by atoms with van der Waals surface area (Å²) in [5, 5.41) is 0. The lowest BCUT2D eigenvalue weighted by molar-refractivity contribution is -0.120. The number of hydrogen-bond acceptors (Lipinski definition) is 2. The van der Waals surface area contributed by atoms with Crippen LogP contribution in [-0.2, 0) is 4.79 Å². The first-order chi connectivity index (χ1) is 5.11. The molecule has 0 N–H and O–H groups in total. The number of nitrogens with zero attached hydrogens (tertiary/aromatic N) is 1. The van der Waals surface area contributed by atoms with Crippen molar-refractivity contribution in [1.82, 2.24) is 4.90 Å². The van der Waals surface area contributed by atoms with Crippen molar-refractivity contribution in [1.29, 1.82) is 0 Å². The fourth-order valence-corrected chi connectivity index (χ4v) is 1.70. The van der Waals surface area contributed by atoms with Crippen LogP contribution < -0.4 is 0 Å². The van der Waals surface area contributed by atoms with Crippen molar-refractivity contribution in [2.75, 3.05) is 13.1 Å². The Hall–Kier alpha value is -0.370. The summed E-state index contributed by atoms with van der Waals surface area (Å²) in [5.74, 6) is 0.985. The van der Waals surface area contributed by atoms with Crippen LogP contribution in [0, 0.1) is 5.92 Å². The number of carbonyl (C=O) groups excluding carboxylic acids is 1. The maximum atomic E-state index is 10.8. The zero-order chi connectivity index (χ0) is 8.43. The molecule has 0 saturated carbocycles. The van der Waals surface area contributed by atoms with E-state index in [0.29, 0.717) is 18.5 Å². The Morgan fingerprint density at radius 2 is 2.27 bits per heavy atom. The van der Waals surface area contributed by atoms with Gasteiger partial charge in [-0.25, -0.2) is 0 Å². The Morgan fingerprint density at radius 3 is 2.55 bits per heavy atom. The summed E-state index contributed by atoms with van der Waals surface area (Å²) in [7, 11) is 0. The molecular formula is C9H17NO. The van der Waals surface area contributed by atoms with Crippen molar-refractivity contribution in [3.05, 3.63) is 0 Å². The monoisotopic (exact) mass is 155 g/mol. The Morgan fingerprint density at radius 1 is 1.64 bits per heavy atom. The van der Waals surface area contributed by atoms with Crippen LogP contribution in [0.4, 0.5) is 0 Å². The van der Waals surface area contributed by atoms with Gasteiger partial charge in [0.05, 0.1) is 6.54 Å². The SMILES string of the molecule is CC(=O)CN1CCC1C(C)C. The van der Waals surface area contributed by atoms with Gasteiger partial charge in [0.25, 0.3) is 0 Å². The molecule has 0 spiro atoms. The molecule has 64 valence electrons. The number of carbonyl (C=O) groups is 1. The van der Waals surface area contributed by atoms with E-state index >= 15 is 0 Å².